The minimum Gasteiger partial charge on any atom is -0.497 e. The average molecular weight is 1850 g/mol. The van der Waals surface area contributed by atoms with Crippen LogP contribution in [0.2, 0.25) is 10.0 Å². The SMILES string of the molecule is CC(C)(C)c1ccc(N2C(c3ccc(Cl)c([N+](=O)[O-])c3)CCC2c2ccc(Cl)c([N+](=O)[O-])c2)cc1.COc1ccc(CNc2ccc(C3CCC(c4ccc(NCc5ccc(C)cc5)c(N)c4)N3c3ccc(C(C)(C)C)cc3)cc2N)cc1.COc1ccc(CNc2ccc(C3CCC(c4ccc(NCc5ccc(C)cc5)c([N+](=O)[O-])c4)N3c3ccc(C(C)(C)C)cc3)cc2[N+](=O)[O-])cc1. The number of rotatable bonds is 27. The first-order chi connectivity index (χ1) is 64.5. The lowest BCUT2D eigenvalue weighted by atomic mass is 9.87. The molecule has 3 aliphatic rings. The van der Waals surface area contributed by atoms with Gasteiger partial charge in [0.1, 0.15) is 32.9 Å². The first-order valence-electron chi connectivity index (χ1n) is 45.7. The number of aryl methyl sites for hydroxylation is 2. The van der Waals surface area contributed by atoms with Crippen molar-refractivity contribution in [1.82, 2.24) is 0 Å². The van der Waals surface area contributed by atoms with Crippen LogP contribution in [0.4, 0.5) is 73.9 Å². The third-order valence-electron chi connectivity index (χ3n) is 26.0. The Hall–Kier alpha value is -14.2. The lowest BCUT2D eigenvalue weighted by Gasteiger charge is -2.34. The quantitative estimate of drug-likeness (QED) is 0.0158. The number of benzene rings is 13. The summed E-state index contributed by atoms with van der Waals surface area (Å²) in [5.74, 6) is 1.59. The lowest BCUT2D eigenvalue weighted by molar-refractivity contribution is -0.384. The summed E-state index contributed by atoms with van der Waals surface area (Å²) < 4.78 is 10.5. The number of nitrogens with zero attached hydrogens (tertiary/aromatic N) is 7. The molecule has 3 heterocycles. The topological polar surface area (TPSA) is 301 Å². The van der Waals surface area contributed by atoms with Gasteiger partial charge in [-0.2, -0.15) is 0 Å². The van der Waals surface area contributed by atoms with Crippen molar-refractivity contribution in [2.24, 2.45) is 0 Å². The molecule has 0 aliphatic carbocycles. The Morgan fingerprint density at radius 1 is 0.311 bits per heavy atom. The van der Waals surface area contributed by atoms with E-state index in [2.05, 4.69) is 239 Å². The third-order valence-corrected chi connectivity index (χ3v) is 26.6. The van der Waals surface area contributed by atoms with Crippen LogP contribution < -0.4 is 56.9 Å². The molecule has 0 aromatic heterocycles. The zero-order chi connectivity index (χ0) is 96.3. The average Bonchev–Trinajstić information content (AvgIpc) is 1.60. The molecule has 3 fully saturated rings. The lowest BCUT2D eigenvalue weighted by Crippen LogP contribution is -2.26. The van der Waals surface area contributed by atoms with Gasteiger partial charge in [0.05, 0.1) is 92.9 Å². The fraction of sp³-hybridized carbons (Fsp3) is 0.291. The van der Waals surface area contributed by atoms with E-state index in [1.807, 2.05) is 104 Å². The highest BCUT2D eigenvalue weighted by molar-refractivity contribution is 6.33. The van der Waals surface area contributed by atoms with Gasteiger partial charge >= 0.3 is 0 Å². The van der Waals surface area contributed by atoms with E-state index < -0.39 is 9.85 Å². The number of hydrogen-bond acceptors (Lipinski definition) is 19. The van der Waals surface area contributed by atoms with Gasteiger partial charge in [0.25, 0.3) is 22.7 Å². The van der Waals surface area contributed by atoms with Crippen LogP contribution in [0.3, 0.4) is 0 Å². The van der Waals surface area contributed by atoms with Gasteiger partial charge in [-0.15, -0.1) is 0 Å². The Balaban J connectivity index is 0.000000165. The third kappa shape index (κ3) is 23.4. The minimum absolute atomic E-state index is 0.00265. The Labute approximate surface area is 800 Å². The molecule has 16 rings (SSSR count). The van der Waals surface area contributed by atoms with Crippen LogP contribution in [-0.2, 0) is 42.4 Å². The first-order valence-corrected chi connectivity index (χ1v) is 46.4. The normalized spacial score (nSPS) is 16.5. The number of nitrogens with two attached hydrogens (primary N) is 2. The zero-order valence-electron chi connectivity index (χ0n) is 78.7. The van der Waals surface area contributed by atoms with Gasteiger partial charge in [-0.25, -0.2) is 0 Å². The summed E-state index contributed by atoms with van der Waals surface area (Å²) in [6, 6.07) is 91.3. The molecule has 8 N–H and O–H groups in total. The molecule has 3 saturated heterocycles. The van der Waals surface area contributed by atoms with Gasteiger partial charge in [0.15, 0.2) is 0 Å². The highest BCUT2D eigenvalue weighted by Gasteiger charge is 2.41. The maximum atomic E-state index is 12.4. The van der Waals surface area contributed by atoms with Gasteiger partial charge in [0.2, 0.25) is 0 Å². The van der Waals surface area contributed by atoms with Crippen molar-refractivity contribution in [3.8, 4) is 11.5 Å². The molecule has 0 radical (unpaired) electrons. The molecule has 23 nitrogen and oxygen atoms in total. The predicted octanol–water partition coefficient (Wildman–Crippen LogP) is 28.4. The second-order valence-electron chi connectivity index (χ2n) is 38.2. The van der Waals surface area contributed by atoms with Crippen LogP contribution in [0.5, 0.6) is 11.5 Å². The van der Waals surface area contributed by atoms with Crippen LogP contribution >= 0.6 is 23.2 Å². The van der Waals surface area contributed by atoms with Crippen LogP contribution in [-0.4, -0.2) is 33.9 Å². The van der Waals surface area contributed by atoms with Crippen molar-refractivity contribution < 1.29 is 29.2 Å². The van der Waals surface area contributed by atoms with E-state index in [0.717, 1.165) is 104 Å². The number of halogens is 2. The fourth-order valence-electron chi connectivity index (χ4n) is 18.3. The summed E-state index contributed by atoms with van der Waals surface area (Å²) in [5, 5.41) is 61.6. The zero-order valence-corrected chi connectivity index (χ0v) is 80.2. The summed E-state index contributed by atoms with van der Waals surface area (Å²) in [7, 11) is 3.29. The number of ether oxygens (including phenoxy) is 2. The maximum Gasteiger partial charge on any atom is 0.292 e. The van der Waals surface area contributed by atoms with Crippen molar-refractivity contribution in [3.05, 3.63) is 413 Å². The number of nitro groups is 4. The van der Waals surface area contributed by atoms with E-state index in [4.69, 9.17) is 44.1 Å². The molecule has 0 saturated carbocycles. The van der Waals surface area contributed by atoms with Gasteiger partial charge < -0.3 is 56.9 Å². The highest BCUT2D eigenvalue weighted by Crippen LogP contribution is 2.53. The number of nitro benzene ring substituents is 4. The summed E-state index contributed by atoms with van der Waals surface area (Å²) in [6.45, 7) is 26.1. The second kappa shape index (κ2) is 42.0. The molecule has 6 atom stereocenters. The molecule has 0 spiro atoms. The smallest absolute Gasteiger partial charge is 0.292 e. The molecule has 25 heteroatoms. The van der Waals surface area contributed by atoms with E-state index in [0.29, 0.717) is 56.7 Å². The van der Waals surface area contributed by atoms with Crippen molar-refractivity contribution >= 4 is 97.1 Å². The molecular formula is C110H119Cl2N13O10. The summed E-state index contributed by atoms with van der Waals surface area (Å²) >= 11 is 12.1. The summed E-state index contributed by atoms with van der Waals surface area (Å²) in [6.07, 6.45) is 4.87. The molecule has 0 bridgehead atoms. The summed E-state index contributed by atoms with van der Waals surface area (Å²) in [5.41, 5.74) is 36.6. The van der Waals surface area contributed by atoms with Gasteiger partial charge in [-0.05, 0) is 250 Å². The van der Waals surface area contributed by atoms with Gasteiger partial charge in [-0.3, -0.25) is 40.5 Å². The van der Waals surface area contributed by atoms with Crippen LogP contribution in [0, 0.1) is 54.3 Å². The van der Waals surface area contributed by atoms with Gasteiger partial charge in [0, 0.05) is 67.5 Å². The van der Waals surface area contributed by atoms with Crippen molar-refractivity contribution in [2.45, 2.75) is 193 Å². The Kier molecular flexibility index (Phi) is 30.1. The standard InChI is InChI=1S/C42H45N5O5.C42H49N5O.C26H25Cl2N3O4/c1-28-6-8-29(9-7-28)26-43-36-20-12-31(24-40(36)46(48)49)38-22-23-39(45(38)34-16-14-33(15-17-34)42(2,3)4)32-13-21-37(41(25-32)47(50)51)44-27-30-10-18-35(52-5)19-11-30;1-28-6-8-29(9-7-28)26-45-38-20-12-31(24-36(38)43)40-22-23-41(47(40)34-16-14-33(15-17-34)42(2,3)4)32-13-21-39(37(44)25-32)46-27-30-10-18-35(48-5)19-11-30;1-26(2,3)18-6-8-19(9-7-18)29-22(16-4-10-20(27)24(14-16)30(32)33)12-13-23(29)17-5-11-21(28)25(15-17)31(34)35/h6-21,24-25,38-39,43-44H,22-23,26-27H2,1-5H3;6-21,24-25,40-41,45-46H,22-23,26-27,43-44H2,1-5H3;4-11,14-15,22-23H,12-13H2,1-3H3. The van der Waals surface area contributed by atoms with Crippen LogP contribution in [0.15, 0.2) is 279 Å². The summed E-state index contributed by atoms with van der Waals surface area (Å²) in [4.78, 5) is 53.2. The van der Waals surface area contributed by atoms with E-state index in [9.17, 15) is 40.5 Å². The number of nitrogens with one attached hydrogen (secondary N) is 4. The Morgan fingerprint density at radius 2 is 0.533 bits per heavy atom. The number of anilines is 9. The molecule has 0 amide bonds. The monoisotopic (exact) mass is 1850 g/mol. The van der Waals surface area contributed by atoms with Crippen molar-refractivity contribution in [1.29, 1.82) is 0 Å². The van der Waals surface area contributed by atoms with Crippen molar-refractivity contribution in [2.75, 3.05) is 61.7 Å². The molecule has 13 aromatic carbocycles. The highest BCUT2D eigenvalue weighted by atomic mass is 35.5. The number of methoxy groups -OCH3 is 2. The molecule has 13 aromatic rings. The molecule has 698 valence electrons. The maximum absolute atomic E-state index is 12.4. The molecule has 6 unspecified atom stereocenters. The Morgan fingerprint density at radius 3 is 0.770 bits per heavy atom. The Bertz CT molecular complexity index is 6300. The van der Waals surface area contributed by atoms with E-state index in [1.54, 1.807) is 50.6 Å². The fourth-order valence-corrected chi connectivity index (χ4v) is 18.7. The first kappa shape index (κ1) is 96.9. The second-order valence-corrected chi connectivity index (χ2v) is 39.0. The molecule has 135 heavy (non-hydrogen) atoms. The van der Waals surface area contributed by atoms with E-state index in [1.165, 1.54) is 62.3 Å². The van der Waals surface area contributed by atoms with Crippen LogP contribution in [0.25, 0.3) is 0 Å². The number of hydrogen-bond donors (Lipinski definition) is 6. The predicted molar refractivity (Wildman–Crippen MR) is 549 cm³/mol. The molecule has 3 aliphatic heterocycles. The van der Waals surface area contributed by atoms with E-state index >= 15 is 0 Å². The number of nitrogen functional groups attached to an aromatic ring is 2. The van der Waals surface area contributed by atoms with Gasteiger partial charge in [-0.1, -0.05) is 242 Å². The van der Waals surface area contributed by atoms with E-state index in [-0.39, 0.29) is 95.1 Å². The minimum atomic E-state index is -0.483. The largest absolute Gasteiger partial charge is 0.497 e. The molecular weight excluding hydrogens is 1730 g/mol. The van der Waals surface area contributed by atoms with Crippen LogP contribution in [0.1, 0.15) is 221 Å². The van der Waals surface area contributed by atoms with Crippen molar-refractivity contribution in [3.63, 3.8) is 0 Å².